The fraction of sp³-hybridized carbons (Fsp3) is 0.600. The van der Waals surface area contributed by atoms with E-state index in [1.165, 1.54) is 12.8 Å². The van der Waals surface area contributed by atoms with Crippen molar-refractivity contribution in [3.8, 4) is 5.75 Å². The van der Waals surface area contributed by atoms with E-state index in [2.05, 4.69) is 18.3 Å². The summed E-state index contributed by atoms with van der Waals surface area (Å²) in [5.41, 5.74) is 1.08. The first-order chi connectivity index (χ1) is 8.85. The Morgan fingerprint density at radius 3 is 2.78 bits per heavy atom. The summed E-state index contributed by atoms with van der Waals surface area (Å²) in [6.07, 6.45) is 3.64. The monoisotopic (exact) mass is 249 g/mol. The molecule has 3 nitrogen and oxygen atoms in total. The summed E-state index contributed by atoms with van der Waals surface area (Å²) in [6.45, 7) is 3.64. The van der Waals surface area contributed by atoms with Gasteiger partial charge in [0.1, 0.15) is 5.75 Å². The van der Waals surface area contributed by atoms with Crippen LogP contribution in [0.4, 0.5) is 5.69 Å². The number of nitrogens with one attached hydrogen (secondary N) is 1. The molecule has 1 atom stereocenters. The van der Waals surface area contributed by atoms with E-state index in [0.717, 1.165) is 37.0 Å². The van der Waals surface area contributed by atoms with Crippen LogP contribution in [0.5, 0.6) is 5.75 Å². The molecule has 18 heavy (non-hydrogen) atoms. The molecule has 0 aromatic heterocycles. The van der Waals surface area contributed by atoms with E-state index in [9.17, 15) is 0 Å². The summed E-state index contributed by atoms with van der Waals surface area (Å²) >= 11 is 0. The number of ether oxygens (including phenoxy) is 2. The zero-order valence-electron chi connectivity index (χ0n) is 11.3. The SMILES string of the molecule is CCCOc1ccccc1NC(COC)C1CC1. The van der Waals surface area contributed by atoms with Crippen molar-refractivity contribution in [1.82, 2.24) is 0 Å². The molecular formula is C15H23NO2. The molecule has 1 aliphatic carbocycles. The lowest BCUT2D eigenvalue weighted by molar-refractivity contribution is 0.179. The lowest BCUT2D eigenvalue weighted by atomic mass is 10.2. The van der Waals surface area contributed by atoms with Crippen molar-refractivity contribution in [3.05, 3.63) is 24.3 Å². The molecule has 0 amide bonds. The molecule has 0 saturated heterocycles. The first-order valence-corrected chi connectivity index (χ1v) is 6.82. The molecule has 100 valence electrons. The topological polar surface area (TPSA) is 30.5 Å². The molecule has 0 aliphatic heterocycles. The fourth-order valence-corrected chi connectivity index (χ4v) is 2.10. The van der Waals surface area contributed by atoms with Crippen LogP contribution in [0.15, 0.2) is 24.3 Å². The Kier molecular flexibility index (Phi) is 4.88. The van der Waals surface area contributed by atoms with Crippen LogP contribution >= 0.6 is 0 Å². The van der Waals surface area contributed by atoms with Crippen LogP contribution in [-0.4, -0.2) is 26.4 Å². The Balaban J connectivity index is 2.01. The minimum absolute atomic E-state index is 0.404. The van der Waals surface area contributed by atoms with Crippen molar-refractivity contribution in [2.75, 3.05) is 25.6 Å². The lowest BCUT2D eigenvalue weighted by Crippen LogP contribution is -2.27. The predicted octanol–water partition coefficient (Wildman–Crippen LogP) is 3.31. The van der Waals surface area contributed by atoms with Crippen molar-refractivity contribution < 1.29 is 9.47 Å². The average Bonchev–Trinajstić information content (AvgIpc) is 3.21. The molecule has 0 bridgehead atoms. The van der Waals surface area contributed by atoms with E-state index in [4.69, 9.17) is 9.47 Å². The van der Waals surface area contributed by atoms with Crippen molar-refractivity contribution in [2.45, 2.75) is 32.2 Å². The minimum Gasteiger partial charge on any atom is -0.491 e. The second-order valence-electron chi connectivity index (χ2n) is 4.89. The third-order valence-corrected chi connectivity index (χ3v) is 3.23. The maximum absolute atomic E-state index is 5.76. The summed E-state index contributed by atoms with van der Waals surface area (Å²) in [4.78, 5) is 0. The first kappa shape index (κ1) is 13.2. The van der Waals surface area contributed by atoms with Gasteiger partial charge < -0.3 is 14.8 Å². The van der Waals surface area contributed by atoms with Gasteiger partial charge in [0.25, 0.3) is 0 Å². The smallest absolute Gasteiger partial charge is 0.142 e. The highest BCUT2D eigenvalue weighted by Crippen LogP contribution is 2.36. The largest absolute Gasteiger partial charge is 0.491 e. The van der Waals surface area contributed by atoms with Crippen molar-refractivity contribution in [1.29, 1.82) is 0 Å². The van der Waals surface area contributed by atoms with Gasteiger partial charge in [0, 0.05) is 7.11 Å². The Labute approximate surface area is 109 Å². The number of hydrogen-bond donors (Lipinski definition) is 1. The number of methoxy groups -OCH3 is 1. The van der Waals surface area contributed by atoms with E-state index >= 15 is 0 Å². The van der Waals surface area contributed by atoms with Gasteiger partial charge in [-0.25, -0.2) is 0 Å². The van der Waals surface area contributed by atoms with E-state index in [1.54, 1.807) is 7.11 Å². The lowest BCUT2D eigenvalue weighted by Gasteiger charge is -2.20. The number of para-hydroxylation sites is 2. The first-order valence-electron chi connectivity index (χ1n) is 6.82. The highest BCUT2D eigenvalue weighted by atomic mass is 16.5. The summed E-state index contributed by atoms with van der Waals surface area (Å²) in [5, 5.41) is 3.57. The molecule has 1 saturated carbocycles. The van der Waals surface area contributed by atoms with Crippen LogP contribution < -0.4 is 10.1 Å². The Hall–Kier alpha value is -1.22. The highest BCUT2D eigenvalue weighted by Gasteiger charge is 2.31. The minimum atomic E-state index is 0.404. The van der Waals surface area contributed by atoms with Crippen LogP contribution in [0, 0.1) is 5.92 Å². The Morgan fingerprint density at radius 1 is 1.33 bits per heavy atom. The molecule has 3 heteroatoms. The van der Waals surface area contributed by atoms with Gasteiger partial charge in [-0.1, -0.05) is 19.1 Å². The zero-order chi connectivity index (χ0) is 12.8. The van der Waals surface area contributed by atoms with E-state index in [0.29, 0.717) is 6.04 Å². The predicted molar refractivity (Wildman–Crippen MR) is 74.2 cm³/mol. The standard InChI is InChI=1S/C15H23NO2/c1-3-10-18-15-7-5-4-6-13(15)16-14(11-17-2)12-8-9-12/h4-7,12,14,16H,3,8-11H2,1-2H3. The fourth-order valence-electron chi connectivity index (χ4n) is 2.10. The molecule has 0 spiro atoms. The van der Waals surface area contributed by atoms with Crippen LogP contribution in [0.25, 0.3) is 0 Å². The van der Waals surface area contributed by atoms with Crippen LogP contribution in [0.3, 0.4) is 0 Å². The second-order valence-corrected chi connectivity index (χ2v) is 4.89. The second kappa shape index (κ2) is 6.64. The van der Waals surface area contributed by atoms with E-state index in [-0.39, 0.29) is 0 Å². The number of hydrogen-bond acceptors (Lipinski definition) is 3. The number of rotatable bonds is 8. The van der Waals surface area contributed by atoms with Gasteiger partial charge in [-0.05, 0) is 37.3 Å². The van der Waals surface area contributed by atoms with Gasteiger partial charge in [0.05, 0.1) is 24.9 Å². The van der Waals surface area contributed by atoms with Gasteiger partial charge in [-0.2, -0.15) is 0 Å². The summed E-state index contributed by atoms with van der Waals surface area (Å²) in [6, 6.07) is 8.56. The van der Waals surface area contributed by atoms with E-state index < -0.39 is 0 Å². The molecule has 1 aromatic carbocycles. The highest BCUT2D eigenvalue weighted by molar-refractivity contribution is 5.57. The van der Waals surface area contributed by atoms with Gasteiger partial charge in [0.2, 0.25) is 0 Å². The summed E-state index contributed by atoms with van der Waals surface area (Å²) in [7, 11) is 1.76. The molecule has 2 rings (SSSR count). The van der Waals surface area contributed by atoms with Crippen LogP contribution in [-0.2, 0) is 4.74 Å². The Bertz CT molecular complexity index is 363. The van der Waals surface area contributed by atoms with Crippen molar-refractivity contribution in [2.24, 2.45) is 5.92 Å². The maximum atomic E-state index is 5.76. The Morgan fingerprint density at radius 2 is 2.11 bits per heavy atom. The maximum Gasteiger partial charge on any atom is 0.142 e. The molecule has 1 aliphatic rings. The van der Waals surface area contributed by atoms with Gasteiger partial charge in [-0.3, -0.25) is 0 Å². The molecule has 1 aromatic rings. The van der Waals surface area contributed by atoms with Crippen LogP contribution in [0.2, 0.25) is 0 Å². The quantitative estimate of drug-likeness (QED) is 0.766. The molecular weight excluding hydrogens is 226 g/mol. The molecule has 0 radical (unpaired) electrons. The van der Waals surface area contributed by atoms with Crippen molar-refractivity contribution >= 4 is 5.69 Å². The molecule has 0 heterocycles. The average molecular weight is 249 g/mol. The van der Waals surface area contributed by atoms with Gasteiger partial charge in [0.15, 0.2) is 0 Å². The van der Waals surface area contributed by atoms with Crippen LogP contribution in [0.1, 0.15) is 26.2 Å². The molecule has 1 unspecified atom stereocenters. The van der Waals surface area contributed by atoms with Crippen molar-refractivity contribution in [3.63, 3.8) is 0 Å². The number of benzene rings is 1. The van der Waals surface area contributed by atoms with E-state index in [1.807, 2.05) is 18.2 Å². The number of anilines is 1. The van der Waals surface area contributed by atoms with Gasteiger partial charge in [-0.15, -0.1) is 0 Å². The molecule has 1 fully saturated rings. The van der Waals surface area contributed by atoms with Gasteiger partial charge >= 0.3 is 0 Å². The normalized spacial score (nSPS) is 16.3. The third-order valence-electron chi connectivity index (χ3n) is 3.23. The summed E-state index contributed by atoms with van der Waals surface area (Å²) < 4.78 is 11.1. The summed E-state index contributed by atoms with van der Waals surface area (Å²) in [5.74, 6) is 1.70. The molecule has 1 N–H and O–H groups in total. The third kappa shape index (κ3) is 3.64. The zero-order valence-corrected chi connectivity index (χ0v) is 11.3.